The topological polar surface area (TPSA) is 158 Å². The van der Waals surface area contributed by atoms with Crippen molar-refractivity contribution in [2.24, 2.45) is 11.8 Å². The highest BCUT2D eigenvalue weighted by Gasteiger charge is 2.33. The number of rotatable bonds is 39. The molecular formula is C55H93N5O6. The molecule has 7 N–H and O–H groups in total. The van der Waals surface area contributed by atoms with Crippen LogP contribution in [0.3, 0.4) is 0 Å². The van der Waals surface area contributed by atoms with Gasteiger partial charge in [-0.2, -0.15) is 0 Å². The molecule has 1 aliphatic heterocycles. The summed E-state index contributed by atoms with van der Waals surface area (Å²) in [5, 5.41) is 52.0. The number of allylic oxidation sites excluding steroid dienone is 15. The number of carbonyl (C=O) groups is 2. The lowest BCUT2D eigenvalue weighted by molar-refractivity contribution is -0.137. The number of nitrogens with zero attached hydrogens (tertiary/aromatic N) is 2. The molecule has 8 atom stereocenters. The van der Waals surface area contributed by atoms with Gasteiger partial charge in [-0.1, -0.05) is 138 Å². The van der Waals surface area contributed by atoms with E-state index in [1.54, 1.807) is 13.1 Å². The normalized spacial score (nSPS) is 19.4. The van der Waals surface area contributed by atoms with E-state index in [0.29, 0.717) is 65.0 Å². The van der Waals surface area contributed by atoms with E-state index < -0.39 is 36.6 Å². The zero-order valence-corrected chi connectivity index (χ0v) is 41.9. The molecule has 1 fully saturated rings. The smallest absolute Gasteiger partial charge is 0.243 e. The van der Waals surface area contributed by atoms with E-state index in [1.807, 2.05) is 24.8 Å². The first-order chi connectivity index (χ1) is 31.9. The van der Waals surface area contributed by atoms with Crippen LogP contribution in [0.15, 0.2) is 109 Å². The van der Waals surface area contributed by atoms with Crippen molar-refractivity contribution in [2.75, 3.05) is 39.3 Å². The number of amides is 2. The van der Waals surface area contributed by atoms with E-state index in [0.717, 1.165) is 70.6 Å². The van der Waals surface area contributed by atoms with Crippen molar-refractivity contribution in [2.45, 2.75) is 174 Å². The Bertz CT molecular complexity index is 1460. The molecule has 0 aromatic heterocycles. The van der Waals surface area contributed by atoms with Gasteiger partial charge in [0.1, 0.15) is 18.3 Å². The third-order valence-electron chi connectivity index (χ3n) is 11.4. The lowest BCUT2D eigenvalue weighted by Crippen LogP contribution is -2.61. The molecule has 1 rings (SSSR count). The van der Waals surface area contributed by atoms with Crippen LogP contribution in [0, 0.1) is 11.8 Å². The number of aliphatic hydroxyl groups excluding tert-OH is 4. The lowest BCUT2D eigenvalue weighted by atomic mass is 9.99. The fraction of sp³-hybridized carbons (Fsp3) is 0.636. The van der Waals surface area contributed by atoms with Crippen LogP contribution in [0.1, 0.15) is 138 Å². The Morgan fingerprint density at radius 2 is 0.864 bits per heavy atom. The molecule has 0 radical (unpaired) electrons. The van der Waals surface area contributed by atoms with Gasteiger partial charge >= 0.3 is 0 Å². The fourth-order valence-corrected chi connectivity index (χ4v) is 7.42. The van der Waals surface area contributed by atoms with Crippen LogP contribution in [0.4, 0.5) is 0 Å². The van der Waals surface area contributed by atoms with Crippen LogP contribution in [-0.2, 0) is 9.59 Å². The Hall–Kier alpha value is -3.84. The second-order valence-corrected chi connectivity index (χ2v) is 17.7. The van der Waals surface area contributed by atoms with Gasteiger partial charge in [0.15, 0.2) is 0 Å². The molecule has 11 heteroatoms. The van der Waals surface area contributed by atoms with E-state index in [9.17, 15) is 30.0 Å². The Balaban J connectivity index is 2.68. The maximum Gasteiger partial charge on any atom is 0.243 e. The number of nitrogens with one attached hydrogen (secondary N) is 3. The molecule has 1 heterocycles. The SMILES string of the molecule is CC/C=C\C/C=C\C/C=C\NC(O)CN(CCCCC1NC(=O)C(CCCCN(CC(O)C(C)/C=C\C/C=C\C/C=C\CC)CC(O)C(C)/C=C\C/C=C\C/C=C\CC)NC1=O)CC(C)O. The van der Waals surface area contributed by atoms with Gasteiger partial charge in [0.2, 0.25) is 11.8 Å². The zero-order chi connectivity index (χ0) is 48.6. The third-order valence-corrected chi connectivity index (χ3v) is 11.4. The number of piperazine rings is 1. The summed E-state index contributed by atoms with van der Waals surface area (Å²) >= 11 is 0. The number of unbranched alkanes of at least 4 members (excludes halogenated alkanes) is 2. The molecule has 11 nitrogen and oxygen atoms in total. The first-order valence-corrected chi connectivity index (χ1v) is 25.3. The fourth-order valence-electron chi connectivity index (χ4n) is 7.42. The predicted molar refractivity (Wildman–Crippen MR) is 276 cm³/mol. The summed E-state index contributed by atoms with van der Waals surface area (Å²) < 4.78 is 0. The minimum atomic E-state index is -0.794. The molecule has 0 aromatic rings. The lowest BCUT2D eigenvalue weighted by Gasteiger charge is -2.31. The Labute approximate surface area is 401 Å². The zero-order valence-electron chi connectivity index (χ0n) is 41.9. The molecule has 0 saturated carbocycles. The quantitative estimate of drug-likeness (QED) is 0.0182. The Morgan fingerprint density at radius 1 is 0.500 bits per heavy atom. The molecule has 374 valence electrons. The van der Waals surface area contributed by atoms with Gasteiger partial charge in [-0.25, -0.2) is 0 Å². The average Bonchev–Trinajstić information content (AvgIpc) is 3.28. The second-order valence-electron chi connectivity index (χ2n) is 17.7. The van der Waals surface area contributed by atoms with Crippen LogP contribution in [0.2, 0.25) is 0 Å². The first-order valence-electron chi connectivity index (χ1n) is 25.3. The van der Waals surface area contributed by atoms with Gasteiger partial charge in [-0.15, -0.1) is 0 Å². The second kappa shape index (κ2) is 40.2. The molecule has 0 aliphatic carbocycles. The summed E-state index contributed by atoms with van der Waals surface area (Å²) in [5.74, 6) is -0.482. The van der Waals surface area contributed by atoms with Gasteiger partial charge in [-0.05, 0) is 123 Å². The summed E-state index contributed by atoms with van der Waals surface area (Å²) in [7, 11) is 0. The van der Waals surface area contributed by atoms with Gasteiger partial charge in [0, 0.05) is 38.0 Å². The van der Waals surface area contributed by atoms with Gasteiger partial charge < -0.3 is 36.4 Å². The minimum Gasteiger partial charge on any atom is -0.392 e. The van der Waals surface area contributed by atoms with Crippen LogP contribution < -0.4 is 16.0 Å². The van der Waals surface area contributed by atoms with Crippen LogP contribution >= 0.6 is 0 Å². The van der Waals surface area contributed by atoms with E-state index >= 15 is 0 Å². The van der Waals surface area contributed by atoms with Gasteiger partial charge in [0.25, 0.3) is 0 Å². The summed E-state index contributed by atoms with van der Waals surface area (Å²) in [5.41, 5.74) is 0. The molecular weight excluding hydrogens is 827 g/mol. The van der Waals surface area contributed by atoms with Crippen molar-refractivity contribution in [3.05, 3.63) is 109 Å². The van der Waals surface area contributed by atoms with Crippen molar-refractivity contribution >= 4 is 11.8 Å². The van der Waals surface area contributed by atoms with Crippen molar-refractivity contribution in [1.82, 2.24) is 25.8 Å². The van der Waals surface area contributed by atoms with E-state index in [1.165, 1.54) is 0 Å². The number of carbonyl (C=O) groups excluding carboxylic acids is 2. The summed E-state index contributed by atoms with van der Waals surface area (Å²) in [6.45, 7) is 15.0. The number of hydrogen-bond acceptors (Lipinski definition) is 9. The highest BCUT2D eigenvalue weighted by atomic mass is 16.3. The number of hydrogen-bond donors (Lipinski definition) is 7. The molecule has 8 unspecified atom stereocenters. The summed E-state index contributed by atoms with van der Waals surface area (Å²) in [4.78, 5) is 30.4. The first kappa shape index (κ1) is 60.2. The maximum atomic E-state index is 13.2. The van der Waals surface area contributed by atoms with Crippen molar-refractivity contribution in [1.29, 1.82) is 0 Å². The number of aliphatic hydroxyl groups is 4. The minimum absolute atomic E-state index is 0.0644. The standard InChI is InChI=1S/C55H93N5O6/c1-7-10-13-16-19-22-25-28-35-46(4)51(62)43-60(44-52(63)47(5)36-29-26-23-20-17-14-11-8-2)41-34-31-38-50-55(66)57-49(54(65)58-50)37-30-33-40-59(42-48(6)61)45-53(64)56-39-32-27-24-21-18-15-12-9-3/h10-15,19-24,28-29,32,35-36,39,46-53,56,61-64H,7-9,16-18,25-27,30-31,33-34,37-38,40-45H2,1-6H3,(H,57,66)(H,58,65)/b13-10-,14-11-,15-12-,22-19-,23-20-,24-21-,35-28-,36-29-,39-32-. The summed E-state index contributed by atoms with van der Waals surface area (Å²) in [6.07, 6.45) is 47.3. The van der Waals surface area contributed by atoms with Gasteiger partial charge in [0.05, 0.1) is 18.3 Å². The highest BCUT2D eigenvalue weighted by molar-refractivity contribution is 5.96. The van der Waals surface area contributed by atoms with Gasteiger partial charge in [-0.3, -0.25) is 19.4 Å². The largest absolute Gasteiger partial charge is 0.392 e. The van der Waals surface area contributed by atoms with Crippen LogP contribution in [-0.4, -0.2) is 118 Å². The monoisotopic (exact) mass is 920 g/mol. The average molecular weight is 920 g/mol. The van der Waals surface area contributed by atoms with Crippen LogP contribution in [0.25, 0.3) is 0 Å². The van der Waals surface area contributed by atoms with Crippen molar-refractivity contribution in [3.63, 3.8) is 0 Å². The maximum absolute atomic E-state index is 13.2. The Morgan fingerprint density at radius 3 is 1.26 bits per heavy atom. The third kappa shape index (κ3) is 32.0. The Kier molecular flexibility index (Phi) is 36.7. The van der Waals surface area contributed by atoms with E-state index in [4.69, 9.17) is 0 Å². The molecule has 1 aliphatic rings. The van der Waals surface area contributed by atoms with Crippen LogP contribution in [0.5, 0.6) is 0 Å². The molecule has 0 aromatic carbocycles. The molecule has 1 saturated heterocycles. The van der Waals surface area contributed by atoms with Crippen molar-refractivity contribution in [3.8, 4) is 0 Å². The summed E-state index contributed by atoms with van der Waals surface area (Å²) in [6, 6.07) is -1.21. The van der Waals surface area contributed by atoms with E-state index in [-0.39, 0.29) is 23.7 Å². The molecule has 0 spiro atoms. The van der Waals surface area contributed by atoms with E-state index in [2.05, 4.69) is 139 Å². The van der Waals surface area contributed by atoms with Crippen molar-refractivity contribution < 1.29 is 30.0 Å². The predicted octanol–water partition coefficient (Wildman–Crippen LogP) is 8.73. The molecule has 66 heavy (non-hydrogen) atoms. The molecule has 2 amide bonds. The highest BCUT2D eigenvalue weighted by Crippen LogP contribution is 2.16. The molecule has 0 bridgehead atoms.